The van der Waals surface area contributed by atoms with Gasteiger partial charge < -0.3 is 15.6 Å². The molecule has 1 aliphatic rings. The Bertz CT molecular complexity index is 317. The third-order valence-electron chi connectivity index (χ3n) is 3.21. The molecule has 2 atom stereocenters. The first kappa shape index (κ1) is 13.9. The highest BCUT2D eigenvalue weighted by Crippen LogP contribution is 2.37. The van der Waals surface area contributed by atoms with Gasteiger partial charge in [-0.25, -0.2) is 8.42 Å². The van der Waals surface area contributed by atoms with E-state index in [1.165, 1.54) is 6.26 Å². The Kier molecular flexibility index (Phi) is 4.73. The van der Waals surface area contributed by atoms with Gasteiger partial charge in [-0.1, -0.05) is 0 Å². The van der Waals surface area contributed by atoms with Gasteiger partial charge in [0.2, 0.25) is 0 Å². The van der Waals surface area contributed by atoms with E-state index in [1.54, 1.807) is 0 Å². The van der Waals surface area contributed by atoms with Gasteiger partial charge >= 0.3 is 0 Å². The van der Waals surface area contributed by atoms with E-state index in [4.69, 9.17) is 15.6 Å². The van der Waals surface area contributed by atoms with Gasteiger partial charge in [0.1, 0.15) is 0 Å². The summed E-state index contributed by atoms with van der Waals surface area (Å²) in [5, 5.41) is 8.20. The van der Waals surface area contributed by atoms with E-state index in [1.807, 2.05) is 0 Å². The van der Waals surface area contributed by atoms with Crippen LogP contribution in [0.5, 0.6) is 0 Å². The fraction of sp³-hybridized carbons (Fsp3) is 1.00. The van der Waals surface area contributed by atoms with Crippen molar-refractivity contribution in [1.82, 2.24) is 0 Å². The molecule has 96 valence electrons. The zero-order valence-electron chi connectivity index (χ0n) is 9.68. The van der Waals surface area contributed by atoms with Gasteiger partial charge in [-0.2, -0.15) is 0 Å². The van der Waals surface area contributed by atoms with Crippen LogP contribution in [0.2, 0.25) is 0 Å². The van der Waals surface area contributed by atoms with Crippen LogP contribution in [0.3, 0.4) is 0 Å². The molecule has 0 amide bonds. The van der Waals surface area contributed by atoms with Crippen molar-refractivity contribution in [2.45, 2.75) is 36.5 Å². The lowest BCUT2D eigenvalue weighted by Crippen LogP contribution is -2.50. The van der Waals surface area contributed by atoms with Gasteiger partial charge in [-0.3, -0.25) is 0 Å². The molecule has 16 heavy (non-hydrogen) atoms. The van der Waals surface area contributed by atoms with E-state index in [0.717, 1.165) is 6.42 Å². The van der Waals surface area contributed by atoms with Crippen molar-refractivity contribution in [1.29, 1.82) is 0 Å². The summed E-state index contributed by atoms with van der Waals surface area (Å²) in [6, 6.07) is 0. The number of nitrogens with two attached hydrogens (primary N) is 1. The number of rotatable bonds is 6. The van der Waals surface area contributed by atoms with Gasteiger partial charge in [0.25, 0.3) is 0 Å². The second-order valence-electron chi connectivity index (χ2n) is 4.40. The second kappa shape index (κ2) is 5.44. The van der Waals surface area contributed by atoms with Crippen molar-refractivity contribution in [2.75, 3.05) is 26.0 Å². The largest absolute Gasteiger partial charge is 0.396 e. The van der Waals surface area contributed by atoms with E-state index in [-0.39, 0.29) is 13.2 Å². The summed E-state index contributed by atoms with van der Waals surface area (Å²) in [5.41, 5.74) is 4.95. The van der Waals surface area contributed by atoms with E-state index in [2.05, 4.69) is 0 Å². The lowest BCUT2D eigenvalue weighted by atomic mass is 10.0. The molecule has 0 saturated heterocycles. The smallest absolute Gasteiger partial charge is 0.153 e. The Morgan fingerprint density at radius 2 is 2.25 bits per heavy atom. The molecule has 0 heterocycles. The molecule has 0 aromatic heterocycles. The normalized spacial score (nSPS) is 30.8. The zero-order chi connectivity index (χ0) is 12.2. The molecule has 0 aliphatic heterocycles. The summed E-state index contributed by atoms with van der Waals surface area (Å²) < 4.78 is 29.0. The van der Waals surface area contributed by atoms with Crippen LogP contribution in [-0.2, 0) is 14.6 Å². The average molecular weight is 251 g/mol. The van der Waals surface area contributed by atoms with E-state index < -0.39 is 20.7 Å². The van der Waals surface area contributed by atoms with Gasteiger partial charge in [-0.05, 0) is 25.7 Å². The second-order valence-corrected chi connectivity index (χ2v) is 6.63. The Morgan fingerprint density at radius 3 is 2.75 bits per heavy atom. The SMILES string of the molecule is CS(=O)(=O)C1CCCC1(CN)OCCCO. The lowest BCUT2D eigenvalue weighted by Gasteiger charge is -2.33. The maximum atomic E-state index is 11.7. The van der Waals surface area contributed by atoms with Crippen LogP contribution in [0.4, 0.5) is 0 Å². The van der Waals surface area contributed by atoms with E-state index in [9.17, 15) is 8.42 Å². The maximum Gasteiger partial charge on any atom is 0.153 e. The average Bonchev–Trinajstić information content (AvgIpc) is 2.62. The highest BCUT2D eigenvalue weighted by atomic mass is 32.2. The first-order valence-electron chi connectivity index (χ1n) is 5.60. The van der Waals surface area contributed by atoms with Crippen molar-refractivity contribution < 1.29 is 18.3 Å². The van der Waals surface area contributed by atoms with Crippen LogP contribution in [0.15, 0.2) is 0 Å². The summed E-state index contributed by atoms with van der Waals surface area (Å²) in [5.74, 6) is 0. The van der Waals surface area contributed by atoms with Gasteiger partial charge in [0, 0.05) is 26.0 Å². The number of ether oxygens (including phenoxy) is 1. The van der Waals surface area contributed by atoms with Crippen LogP contribution < -0.4 is 5.73 Å². The van der Waals surface area contributed by atoms with Gasteiger partial charge in [-0.15, -0.1) is 0 Å². The predicted octanol–water partition coefficient (Wildman–Crippen LogP) is -0.320. The molecule has 0 aromatic carbocycles. The summed E-state index contributed by atoms with van der Waals surface area (Å²) in [7, 11) is -3.13. The molecule has 1 fully saturated rings. The van der Waals surface area contributed by atoms with E-state index in [0.29, 0.717) is 25.9 Å². The van der Waals surface area contributed by atoms with E-state index >= 15 is 0 Å². The minimum absolute atomic E-state index is 0.0458. The summed E-state index contributed by atoms with van der Waals surface area (Å²) in [4.78, 5) is 0. The third-order valence-corrected chi connectivity index (χ3v) is 4.91. The maximum absolute atomic E-state index is 11.7. The molecular weight excluding hydrogens is 230 g/mol. The van der Waals surface area contributed by atoms with Crippen molar-refractivity contribution in [3.8, 4) is 0 Å². The van der Waals surface area contributed by atoms with Crippen molar-refractivity contribution in [2.24, 2.45) is 5.73 Å². The quantitative estimate of drug-likeness (QED) is 0.631. The molecule has 1 saturated carbocycles. The number of sulfone groups is 1. The molecule has 1 rings (SSSR count). The summed E-state index contributed by atoms with van der Waals surface area (Å²) in [6.45, 7) is 0.625. The molecule has 2 unspecified atom stereocenters. The topological polar surface area (TPSA) is 89.6 Å². The number of hydrogen-bond donors (Lipinski definition) is 2. The Balaban J connectivity index is 2.76. The highest BCUT2D eigenvalue weighted by Gasteiger charge is 2.48. The van der Waals surface area contributed by atoms with Crippen LogP contribution in [0.1, 0.15) is 25.7 Å². The van der Waals surface area contributed by atoms with Crippen molar-refractivity contribution in [3.63, 3.8) is 0 Å². The zero-order valence-corrected chi connectivity index (χ0v) is 10.5. The van der Waals surface area contributed by atoms with Crippen LogP contribution in [-0.4, -0.2) is 50.4 Å². The fourth-order valence-corrected chi connectivity index (χ4v) is 4.07. The van der Waals surface area contributed by atoms with Gasteiger partial charge in [0.05, 0.1) is 10.9 Å². The molecule has 0 radical (unpaired) electrons. The molecule has 0 spiro atoms. The van der Waals surface area contributed by atoms with Crippen molar-refractivity contribution >= 4 is 9.84 Å². The number of aliphatic hydroxyl groups is 1. The minimum atomic E-state index is -3.13. The standard InChI is InChI=1S/C10H21NO4S/c1-16(13,14)9-4-2-5-10(9,8-11)15-7-3-6-12/h9,12H,2-8,11H2,1H3. The van der Waals surface area contributed by atoms with Crippen LogP contribution >= 0.6 is 0 Å². The molecule has 0 bridgehead atoms. The Morgan fingerprint density at radius 1 is 1.56 bits per heavy atom. The fourth-order valence-electron chi connectivity index (χ4n) is 2.41. The molecule has 3 N–H and O–H groups in total. The number of hydrogen-bond acceptors (Lipinski definition) is 5. The Hall–Kier alpha value is -0.170. The summed E-state index contributed by atoms with van der Waals surface area (Å²) in [6.07, 6.45) is 3.89. The van der Waals surface area contributed by atoms with Crippen molar-refractivity contribution in [3.05, 3.63) is 0 Å². The molecular formula is C10H21NO4S. The van der Waals surface area contributed by atoms with Crippen LogP contribution in [0, 0.1) is 0 Å². The molecule has 6 heteroatoms. The minimum Gasteiger partial charge on any atom is -0.396 e. The molecule has 0 aromatic rings. The number of aliphatic hydroxyl groups excluding tert-OH is 1. The molecule has 5 nitrogen and oxygen atoms in total. The summed E-state index contributed by atoms with van der Waals surface area (Å²) >= 11 is 0. The first-order chi connectivity index (χ1) is 7.46. The lowest BCUT2D eigenvalue weighted by molar-refractivity contribution is -0.0355. The highest BCUT2D eigenvalue weighted by molar-refractivity contribution is 7.91. The molecule has 1 aliphatic carbocycles. The predicted molar refractivity (Wildman–Crippen MR) is 61.9 cm³/mol. The Labute approximate surface area is 96.9 Å². The third kappa shape index (κ3) is 2.94. The monoisotopic (exact) mass is 251 g/mol. The van der Waals surface area contributed by atoms with Crippen LogP contribution in [0.25, 0.3) is 0 Å². The van der Waals surface area contributed by atoms with Gasteiger partial charge in [0.15, 0.2) is 9.84 Å². The first-order valence-corrected chi connectivity index (χ1v) is 7.55.